The van der Waals surface area contributed by atoms with Gasteiger partial charge in [0.1, 0.15) is 20.0 Å². The number of carbonyl (C=O) groups is 3. The molecule has 0 atom stereocenters. The van der Waals surface area contributed by atoms with Crippen LogP contribution in [0.1, 0.15) is 20.8 Å². The Balaban J connectivity index is 2.62. The number of nitrogens with zero attached hydrogens (tertiary/aromatic N) is 3. The molecule has 0 amide bonds. The van der Waals surface area contributed by atoms with Crippen LogP contribution in [0.4, 0.5) is 0 Å². The minimum atomic E-state index is -0.526. The van der Waals surface area contributed by atoms with Gasteiger partial charge in [-0.15, -0.1) is 15.2 Å². The quantitative estimate of drug-likeness (QED) is 0.648. The van der Waals surface area contributed by atoms with Crippen LogP contribution in [0.15, 0.2) is 0 Å². The lowest BCUT2D eigenvalue weighted by molar-refractivity contribution is -0.334. The van der Waals surface area contributed by atoms with Crippen molar-refractivity contribution in [3.8, 4) is 0 Å². The van der Waals surface area contributed by atoms with Crippen molar-refractivity contribution in [1.29, 1.82) is 0 Å². The Morgan fingerprint density at radius 2 is 0.889 bits per heavy atom. The van der Waals surface area contributed by atoms with E-state index < -0.39 is 17.9 Å². The Hall–Kier alpha value is -1.71. The number of hydroxylamine groups is 6. The SMILES string of the molecule is CC(=O)ON1CN(OC(C)=O)CN(OC(C)=O)C1. The summed E-state index contributed by atoms with van der Waals surface area (Å²) in [5, 5.41) is 3.58. The second-order valence-electron chi connectivity index (χ2n) is 3.62. The highest BCUT2D eigenvalue weighted by Crippen LogP contribution is 2.09. The zero-order valence-corrected chi connectivity index (χ0v) is 10.4. The lowest BCUT2D eigenvalue weighted by Crippen LogP contribution is -2.55. The second-order valence-corrected chi connectivity index (χ2v) is 3.62. The highest BCUT2D eigenvalue weighted by atomic mass is 16.8. The van der Waals surface area contributed by atoms with Crippen LogP contribution < -0.4 is 0 Å². The molecule has 0 unspecified atom stereocenters. The van der Waals surface area contributed by atoms with E-state index in [1.165, 1.54) is 36.0 Å². The molecule has 0 radical (unpaired) electrons. The topological polar surface area (TPSA) is 88.6 Å². The van der Waals surface area contributed by atoms with Gasteiger partial charge in [0.2, 0.25) is 0 Å². The van der Waals surface area contributed by atoms with Crippen molar-refractivity contribution in [1.82, 2.24) is 15.2 Å². The van der Waals surface area contributed by atoms with Gasteiger partial charge in [-0.1, -0.05) is 0 Å². The molecular weight excluding hydrogens is 246 g/mol. The van der Waals surface area contributed by atoms with Crippen molar-refractivity contribution in [3.63, 3.8) is 0 Å². The molecule has 9 heteroatoms. The summed E-state index contributed by atoms with van der Waals surface area (Å²) in [4.78, 5) is 47.1. The molecule has 1 aliphatic heterocycles. The van der Waals surface area contributed by atoms with E-state index in [0.717, 1.165) is 0 Å². The largest absolute Gasteiger partial charge is 0.366 e. The predicted molar refractivity (Wildman–Crippen MR) is 55.4 cm³/mol. The molecule has 0 spiro atoms. The standard InChI is InChI=1S/C9H15N3O6/c1-7(13)16-10-4-11(17-8(2)14)6-12(5-10)18-9(3)15/h4-6H2,1-3H3. The summed E-state index contributed by atoms with van der Waals surface area (Å²) in [6.07, 6.45) is 0. The molecule has 1 rings (SSSR count). The first-order valence-corrected chi connectivity index (χ1v) is 5.17. The normalized spacial score (nSPS) is 18.2. The molecule has 0 aromatic heterocycles. The van der Waals surface area contributed by atoms with Crippen LogP contribution >= 0.6 is 0 Å². The molecule has 1 heterocycles. The fourth-order valence-corrected chi connectivity index (χ4v) is 1.38. The number of rotatable bonds is 3. The lowest BCUT2D eigenvalue weighted by atomic mass is 10.7. The highest BCUT2D eigenvalue weighted by Gasteiger charge is 2.29. The van der Waals surface area contributed by atoms with Crippen molar-refractivity contribution < 1.29 is 28.9 Å². The Kier molecular flexibility index (Phi) is 5.01. The maximum Gasteiger partial charge on any atom is 0.322 e. The first kappa shape index (κ1) is 14.4. The Labute approximate surface area is 104 Å². The molecule has 102 valence electrons. The molecule has 1 saturated heterocycles. The third kappa shape index (κ3) is 5.08. The van der Waals surface area contributed by atoms with E-state index in [1.807, 2.05) is 0 Å². The fraction of sp³-hybridized carbons (Fsp3) is 0.667. The summed E-state index contributed by atoms with van der Waals surface area (Å²) in [6, 6.07) is 0. The Bertz CT molecular complexity index is 289. The molecule has 0 aliphatic carbocycles. The van der Waals surface area contributed by atoms with Crippen LogP contribution in [0.3, 0.4) is 0 Å². The second kappa shape index (κ2) is 6.28. The van der Waals surface area contributed by atoms with Crippen molar-refractivity contribution in [3.05, 3.63) is 0 Å². The van der Waals surface area contributed by atoms with Gasteiger partial charge in [0.05, 0.1) is 0 Å². The molecule has 0 aromatic carbocycles. The van der Waals surface area contributed by atoms with Gasteiger partial charge in [0.25, 0.3) is 0 Å². The molecular formula is C9H15N3O6. The van der Waals surface area contributed by atoms with Gasteiger partial charge in [0.15, 0.2) is 0 Å². The average Bonchev–Trinajstić information content (AvgIpc) is 2.12. The summed E-state index contributed by atoms with van der Waals surface area (Å²) in [5.41, 5.74) is 0. The first-order valence-electron chi connectivity index (χ1n) is 5.17. The molecule has 9 nitrogen and oxygen atoms in total. The van der Waals surface area contributed by atoms with Crippen molar-refractivity contribution in [2.45, 2.75) is 20.8 Å². The molecule has 1 fully saturated rings. The van der Waals surface area contributed by atoms with E-state index in [4.69, 9.17) is 14.5 Å². The third-order valence-electron chi connectivity index (χ3n) is 1.72. The molecule has 0 saturated carbocycles. The number of carbonyl (C=O) groups excluding carboxylic acids is 3. The zero-order chi connectivity index (χ0) is 13.7. The van der Waals surface area contributed by atoms with Crippen LogP contribution in [0, 0.1) is 0 Å². The van der Waals surface area contributed by atoms with Crippen LogP contribution in [0.25, 0.3) is 0 Å². The summed E-state index contributed by atoms with van der Waals surface area (Å²) in [5.74, 6) is -1.58. The monoisotopic (exact) mass is 261 g/mol. The van der Waals surface area contributed by atoms with Crippen LogP contribution in [0.2, 0.25) is 0 Å². The van der Waals surface area contributed by atoms with Crippen molar-refractivity contribution in [2.24, 2.45) is 0 Å². The predicted octanol–water partition coefficient (Wildman–Crippen LogP) is -0.787. The summed E-state index contributed by atoms with van der Waals surface area (Å²) >= 11 is 0. The van der Waals surface area contributed by atoms with Gasteiger partial charge in [-0.25, -0.2) is 0 Å². The maximum absolute atomic E-state index is 10.9. The number of hydrogen-bond donors (Lipinski definition) is 0. The Morgan fingerprint density at radius 1 is 0.667 bits per heavy atom. The third-order valence-corrected chi connectivity index (χ3v) is 1.72. The molecule has 0 N–H and O–H groups in total. The fourth-order valence-electron chi connectivity index (χ4n) is 1.38. The van der Waals surface area contributed by atoms with Crippen molar-refractivity contribution >= 4 is 17.9 Å². The molecule has 0 bridgehead atoms. The molecule has 0 aromatic rings. The van der Waals surface area contributed by atoms with E-state index in [2.05, 4.69) is 0 Å². The summed E-state index contributed by atoms with van der Waals surface area (Å²) in [7, 11) is 0. The van der Waals surface area contributed by atoms with Gasteiger partial charge in [0, 0.05) is 20.8 Å². The van der Waals surface area contributed by atoms with Crippen molar-refractivity contribution in [2.75, 3.05) is 20.0 Å². The smallest absolute Gasteiger partial charge is 0.322 e. The van der Waals surface area contributed by atoms with Gasteiger partial charge in [-0.05, 0) is 0 Å². The van der Waals surface area contributed by atoms with Crippen LogP contribution in [-0.2, 0) is 28.9 Å². The highest BCUT2D eigenvalue weighted by molar-refractivity contribution is 5.66. The van der Waals surface area contributed by atoms with Gasteiger partial charge in [-0.3, -0.25) is 14.4 Å². The summed E-state index contributed by atoms with van der Waals surface area (Å²) in [6.45, 7) is 3.91. The minimum absolute atomic E-state index is 0.0664. The Morgan fingerprint density at radius 3 is 1.06 bits per heavy atom. The van der Waals surface area contributed by atoms with Gasteiger partial charge < -0.3 is 14.5 Å². The maximum atomic E-state index is 10.9. The summed E-state index contributed by atoms with van der Waals surface area (Å²) < 4.78 is 0. The van der Waals surface area contributed by atoms with E-state index in [-0.39, 0.29) is 20.0 Å². The average molecular weight is 261 g/mol. The van der Waals surface area contributed by atoms with E-state index in [9.17, 15) is 14.4 Å². The van der Waals surface area contributed by atoms with Crippen LogP contribution in [0.5, 0.6) is 0 Å². The lowest BCUT2D eigenvalue weighted by Gasteiger charge is -2.37. The number of hydrogen-bond acceptors (Lipinski definition) is 9. The zero-order valence-electron chi connectivity index (χ0n) is 10.4. The minimum Gasteiger partial charge on any atom is -0.366 e. The van der Waals surface area contributed by atoms with E-state index >= 15 is 0 Å². The molecule has 1 aliphatic rings. The van der Waals surface area contributed by atoms with E-state index in [0.29, 0.717) is 0 Å². The van der Waals surface area contributed by atoms with Gasteiger partial charge in [-0.2, -0.15) is 0 Å². The van der Waals surface area contributed by atoms with E-state index in [1.54, 1.807) is 0 Å². The molecule has 18 heavy (non-hydrogen) atoms. The van der Waals surface area contributed by atoms with Gasteiger partial charge >= 0.3 is 17.9 Å². The van der Waals surface area contributed by atoms with Crippen LogP contribution in [-0.4, -0.2) is 53.1 Å². The first-order chi connectivity index (χ1) is 8.36.